The summed E-state index contributed by atoms with van der Waals surface area (Å²) in [6.45, 7) is 4.06. The summed E-state index contributed by atoms with van der Waals surface area (Å²) in [6, 6.07) is 7.52. The molecule has 1 fully saturated rings. The Kier molecular flexibility index (Phi) is 6.28. The van der Waals surface area contributed by atoms with Crippen molar-refractivity contribution in [2.24, 2.45) is 11.8 Å². The van der Waals surface area contributed by atoms with Crippen molar-refractivity contribution in [2.75, 3.05) is 0 Å². The summed E-state index contributed by atoms with van der Waals surface area (Å²) < 4.78 is 11.3. The van der Waals surface area contributed by atoms with Crippen LogP contribution >= 0.6 is 0 Å². The summed E-state index contributed by atoms with van der Waals surface area (Å²) in [4.78, 5) is 12.3. The minimum Gasteiger partial charge on any atom is -0.426 e. The van der Waals surface area contributed by atoms with Crippen molar-refractivity contribution in [1.29, 1.82) is 0 Å². The van der Waals surface area contributed by atoms with Crippen molar-refractivity contribution in [3.8, 4) is 5.75 Å². The van der Waals surface area contributed by atoms with Crippen LogP contribution in [0.25, 0.3) is 0 Å². The van der Waals surface area contributed by atoms with Gasteiger partial charge in [0.2, 0.25) is 0 Å². The van der Waals surface area contributed by atoms with Crippen molar-refractivity contribution in [3.05, 3.63) is 53.6 Å². The molecule has 26 heavy (non-hydrogen) atoms. The van der Waals surface area contributed by atoms with Crippen LogP contribution < -0.4 is 4.74 Å². The third-order valence-electron chi connectivity index (χ3n) is 5.31. The van der Waals surface area contributed by atoms with Crippen molar-refractivity contribution < 1.29 is 19.4 Å². The Labute approximate surface area is 155 Å². The minimum atomic E-state index is -0.773. The lowest BCUT2D eigenvalue weighted by atomic mass is 9.81. The number of carbonyl (C=O) groups is 1. The average molecular weight is 356 g/mol. The number of hydrogen-bond acceptors (Lipinski definition) is 4. The third kappa shape index (κ3) is 5.05. The molecular formula is C22H28O4. The Balaban J connectivity index is 1.44. The Morgan fingerprint density at radius 2 is 1.81 bits per heavy atom. The number of rotatable bonds is 5. The van der Waals surface area contributed by atoms with Gasteiger partial charge in [-0.3, -0.25) is 4.79 Å². The number of benzene rings is 1. The number of allylic oxidation sites excluding steroid dienone is 2. The van der Waals surface area contributed by atoms with Crippen LogP contribution in [0.2, 0.25) is 0 Å². The molecule has 2 atom stereocenters. The zero-order chi connectivity index (χ0) is 18.5. The number of carbonyl (C=O) groups excluding carboxylic acids is 1. The lowest BCUT2D eigenvalue weighted by molar-refractivity contribution is -0.164. The number of esters is 1. The lowest BCUT2D eigenvalue weighted by Gasteiger charge is -2.32. The van der Waals surface area contributed by atoms with Gasteiger partial charge < -0.3 is 14.6 Å². The van der Waals surface area contributed by atoms with Crippen molar-refractivity contribution in [2.45, 2.75) is 58.3 Å². The molecule has 1 aromatic carbocycles. The van der Waals surface area contributed by atoms with Gasteiger partial charge in [-0.15, -0.1) is 0 Å². The lowest BCUT2D eigenvalue weighted by Crippen LogP contribution is -2.33. The van der Waals surface area contributed by atoms with E-state index in [0.717, 1.165) is 37.7 Å². The van der Waals surface area contributed by atoms with Crippen LogP contribution in [0.5, 0.6) is 5.75 Å². The highest BCUT2D eigenvalue weighted by molar-refractivity contribution is 5.75. The predicted octanol–water partition coefficient (Wildman–Crippen LogP) is 4.32. The van der Waals surface area contributed by atoms with E-state index in [2.05, 4.69) is 13.0 Å². The molecule has 0 spiro atoms. The van der Waals surface area contributed by atoms with Crippen LogP contribution in [0.4, 0.5) is 0 Å². The van der Waals surface area contributed by atoms with Crippen molar-refractivity contribution in [1.82, 2.24) is 0 Å². The maximum atomic E-state index is 12.3. The standard InChI is InChI=1S/C22H28O4/c1-15-3-11-19(12-4-15)25-21(23)17-7-9-18(10-8-17)22(24)26-20-13-5-16(2)6-14-20/h3-6,11-13,17-18,20,22,24H,7-10,14H2,1-2H3. The largest absolute Gasteiger partial charge is 0.426 e. The van der Waals surface area contributed by atoms with Gasteiger partial charge in [-0.05, 0) is 58.1 Å². The first-order valence-corrected chi connectivity index (χ1v) is 9.48. The van der Waals surface area contributed by atoms with E-state index in [1.165, 1.54) is 5.57 Å². The van der Waals surface area contributed by atoms with Gasteiger partial charge in [-0.1, -0.05) is 41.5 Å². The van der Waals surface area contributed by atoms with Gasteiger partial charge in [0.05, 0.1) is 12.0 Å². The summed E-state index contributed by atoms with van der Waals surface area (Å²) in [6.07, 6.45) is 9.14. The molecule has 3 rings (SSSR count). The quantitative estimate of drug-likeness (QED) is 0.485. The Hall–Kier alpha value is -1.91. The highest BCUT2D eigenvalue weighted by Gasteiger charge is 2.32. The van der Waals surface area contributed by atoms with Crippen LogP contribution in [-0.4, -0.2) is 23.5 Å². The van der Waals surface area contributed by atoms with Crippen molar-refractivity contribution in [3.63, 3.8) is 0 Å². The summed E-state index contributed by atoms with van der Waals surface area (Å²) in [5, 5.41) is 10.4. The second-order valence-corrected chi connectivity index (χ2v) is 7.45. The second kappa shape index (κ2) is 8.65. The molecule has 2 aliphatic carbocycles. The third-order valence-corrected chi connectivity index (χ3v) is 5.31. The van der Waals surface area contributed by atoms with E-state index in [1.807, 2.05) is 43.3 Å². The van der Waals surface area contributed by atoms with Gasteiger partial charge in [-0.25, -0.2) is 0 Å². The summed E-state index contributed by atoms with van der Waals surface area (Å²) >= 11 is 0. The van der Waals surface area contributed by atoms with Crippen LogP contribution in [0, 0.1) is 18.8 Å². The second-order valence-electron chi connectivity index (χ2n) is 7.45. The number of ether oxygens (including phenoxy) is 2. The number of aliphatic hydroxyl groups is 1. The summed E-state index contributed by atoms with van der Waals surface area (Å²) in [5.74, 6) is 0.413. The molecule has 4 heteroatoms. The average Bonchev–Trinajstić information content (AvgIpc) is 2.65. The summed E-state index contributed by atoms with van der Waals surface area (Å²) in [7, 11) is 0. The maximum absolute atomic E-state index is 12.3. The van der Waals surface area contributed by atoms with Crippen LogP contribution in [0.15, 0.2) is 48.1 Å². The van der Waals surface area contributed by atoms with E-state index < -0.39 is 6.29 Å². The fraction of sp³-hybridized carbons (Fsp3) is 0.500. The van der Waals surface area contributed by atoms with Crippen LogP contribution in [0.1, 0.15) is 44.6 Å². The topological polar surface area (TPSA) is 55.8 Å². The van der Waals surface area contributed by atoms with Gasteiger partial charge in [0.15, 0.2) is 6.29 Å². The molecule has 1 saturated carbocycles. The number of aliphatic hydroxyl groups excluding tert-OH is 1. The smallest absolute Gasteiger partial charge is 0.314 e. The Morgan fingerprint density at radius 1 is 1.12 bits per heavy atom. The molecule has 140 valence electrons. The molecule has 0 bridgehead atoms. The van der Waals surface area contributed by atoms with Crippen LogP contribution in [0.3, 0.4) is 0 Å². The van der Waals surface area contributed by atoms with E-state index in [-0.39, 0.29) is 23.9 Å². The van der Waals surface area contributed by atoms with Gasteiger partial charge in [0.1, 0.15) is 5.75 Å². The van der Waals surface area contributed by atoms with Gasteiger partial charge in [-0.2, -0.15) is 0 Å². The molecule has 0 heterocycles. The monoisotopic (exact) mass is 356 g/mol. The summed E-state index contributed by atoms with van der Waals surface area (Å²) in [5.41, 5.74) is 2.37. The van der Waals surface area contributed by atoms with Gasteiger partial charge in [0, 0.05) is 5.92 Å². The molecule has 4 nitrogen and oxygen atoms in total. The zero-order valence-corrected chi connectivity index (χ0v) is 15.6. The first-order valence-electron chi connectivity index (χ1n) is 9.48. The fourth-order valence-electron chi connectivity index (χ4n) is 3.54. The van der Waals surface area contributed by atoms with Gasteiger partial charge >= 0.3 is 5.97 Å². The molecule has 1 N–H and O–H groups in total. The highest BCUT2D eigenvalue weighted by Crippen LogP contribution is 2.33. The molecule has 2 aliphatic rings. The highest BCUT2D eigenvalue weighted by atomic mass is 16.6. The van der Waals surface area contributed by atoms with Crippen molar-refractivity contribution >= 4 is 5.97 Å². The first kappa shape index (κ1) is 18.9. The van der Waals surface area contributed by atoms with E-state index >= 15 is 0 Å². The molecule has 0 radical (unpaired) electrons. The zero-order valence-electron chi connectivity index (χ0n) is 15.6. The molecule has 0 aromatic heterocycles. The number of aryl methyl sites for hydroxylation is 1. The van der Waals surface area contributed by atoms with Gasteiger partial charge in [0.25, 0.3) is 0 Å². The first-order chi connectivity index (χ1) is 12.5. The Bertz CT molecular complexity index is 666. The normalized spacial score (nSPS) is 26.9. The van der Waals surface area contributed by atoms with Crippen LogP contribution in [-0.2, 0) is 9.53 Å². The molecule has 0 saturated heterocycles. The molecule has 0 amide bonds. The van der Waals surface area contributed by atoms with E-state index in [0.29, 0.717) is 5.75 Å². The van der Waals surface area contributed by atoms with E-state index in [9.17, 15) is 9.90 Å². The molecule has 0 aliphatic heterocycles. The fourth-order valence-corrected chi connectivity index (χ4v) is 3.54. The maximum Gasteiger partial charge on any atom is 0.314 e. The molecular weight excluding hydrogens is 328 g/mol. The van der Waals surface area contributed by atoms with E-state index in [1.54, 1.807) is 0 Å². The predicted molar refractivity (Wildman–Crippen MR) is 101 cm³/mol. The molecule has 2 unspecified atom stereocenters. The number of hydrogen-bond donors (Lipinski definition) is 1. The van der Waals surface area contributed by atoms with E-state index in [4.69, 9.17) is 9.47 Å². The Morgan fingerprint density at radius 3 is 2.42 bits per heavy atom. The minimum absolute atomic E-state index is 0.0575. The SMILES string of the molecule is CC1=CCC(OC(O)C2CCC(C(=O)Oc3ccc(C)cc3)CC2)C=C1. The molecule has 1 aromatic rings.